The molecular formula is C22H21ClN6OS. The van der Waals surface area contributed by atoms with Crippen LogP contribution in [0.5, 0.6) is 0 Å². The number of hydrogen-bond acceptors (Lipinski definition) is 5. The molecule has 0 unspecified atom stereocenters. The van der Waals surface area contributed by atoms with Crippen molar-refractivity contribution in [1.29, 1.82) is 0 Å². The van der Waals surface area contributed by atoms with Crippen molar-refractivity contribution in [2.45, 2.75) is 18.6 Å². The van der Waals surface area contributed by atoms with Crippen LogP contribution in [0.4, 0.5) is 5.82 Å². The summed E-state index contributed by atoms with van der Waals surface area (Å²) >= 11 is 7.28. The zero-order valence-corrected chi connectivity index (χ0v) is 18.7. The lowest BCUT2D eigenvalue weighted by Gasteiger charge is -2.09. The van der Waals surface area contributed by atoms with Gasteiger partial charge in [0.15, 0.2) is 11.0 Å². The fourth-order valence-electron chi connectivity index (χ4n) is 3.15. The van der Waals surface area contributed by atoms with E-state index < -0.39 is 0 Å². The molecule has 0 bridgehead atoms. The van der Waals surface area contributed by atoms with Gasteiger partial charge in [-0.15, -0.1) is 10.2 Å². The van der Waals surface area contributed by atoms with Gasteiger partial charge in [0.05, 0.1) is 18.5 Å². The fourth-order valence-corrected chi connectivity index (χ4v) is 3.99. The minimum absolute atomic E-state index is 0.132. The average Bonchev–Trinajstić information content (AvgIpc) is 3.33. The number of halogens is 1. The second-order valence-corrected chi connectivity index (χ2v) is 8.45. The van der Waals surface area contributed by atoms with Gasteiger partial charge in [0.1, 0.15) is 5.82 Å². The van der Waals surface area contributed by atoms with Crippen molar-refractivity contribution in [2.75, 3.05) is 11.1 Å². The molecule has 2 aromatic heterocycles. The normalized spacial score (nSPS) is 10.9. The molecule has 2 aromatic carbocycles. The summed E-state index contributed by atoms with van der Waals surface area (Å²) in [6.45, 7) is 2.64. The monoisotopic (exact) mass is 452 g/mol. The minimum atomic E-state index is -0.132. The van der Waals surface area contributed by atoms with Crippen LogP contribution in [0.25, 0.3) is 11.4 Å². The molecule has 158 valence electrons. The highest BCUT2D eigenvalue weighted by Crippen LogP contribution is 2.24. The van der Waals surface area contributed by atoms with Crippen molar-refractivity contribution in [3.63, 3.8) is 0 Å². The highest BCUT2D eigenvalue weighted by molar-refractivity contribution is 7.99. The van der Waals surface area contributed by atoms with E-state index in [1.807, 2.05) is 48.0 Å². The number of benzene rings is 2. The van der Waals surface area contributed by atoms with E-state index in [1.54, 1.807) is 16.9 Å². The Morgan fingerprint density at radius 1 is 1.13 bits per heavy atom. The highest BCUT2D eigenvalue weighted by atomic mass is 35.5. The van der Waals surface area contributed by atoms with Crippen LogP contribution in [0, 0.1) is 6.92 Å². The van der Waals surface area contributed by atoms with Crippen LogP contribution in [-0.2, 0) is 18.4 Å². The SMILES string of the molecule is Cc1cccc(Cn2nccc2NC(=O)CSc2nnc(-c3ccc(Cl)cc3)n2C)c1. The molecule has 0 fully saturated rings. The van der Waals surface area contributed by atoms with Gasteiger partial charge < -0.3 is 9.88 Å². The standard InChI is InChI=1S/C22H21ClN6OS/c1-15-4-3-5-16(12-15)13-29-19(10-11-24-29)25-20(30)14-31-22-27-26-21(28(22)2)17-6-8-18(23)9-7-17/h3-12H,13-14H2,1-2H3,(H,25,30). The second-order valence-electron chi connectivity index (χ2n) is 7.07. The van der Waals surface area contributed by atoms with Gasteiger partial charge >= 0.3 is 0 Å². The number of thioether (sulfide) groups is 1. The molecule has 2 heterocycles. The van der Waals surface area contributed by atoms with Gasteiger partial charge in [-0.25, -0.2) is 4.68 Å². The van der Waals surface area contributed by atoms with Crippen molar-refractivity contribution in [3.05, 3.63) is 76.9 Å². The average molecular weight is 453 g/mol. The lowest BCUT2D eigenvalue weighted by atomic mass is 10.1. The maximum absolute atomic E-state index is 12.5. The van der Waals surface area contributed by atoms with Gasteiger partial charge in [-0.3, -0.25) is 4.79 Å². The Hall–Kier alpha value is -3.10. The summed E-state index contributed by atoms with van der Waals surface area (Å²) < 4.78 is 3.64. The Labute approximate surface area is 189 Å². The molecule has 0 spiro atoms. The molecule has 1 amide bonds. The Morgan fingerprint density at radius 3 is 2.71 bits per heavy atom. The van der Waals surface area contributed by atoms with Gasteiger partial charge in [-0.05, 0) is 36.8 Å². The third-order valence-corrected chi connectivity index (χ3v) is 5.94. The molecule has 0 atom stereocenters. The number of rotatable bonds is 7. The van der Waals surface area contributed by atoms with Gasteiger partial charge in [-0.2, -0.15) is 5.10 Å². The fraction of sp³-hybridized carbons (Fsp3) is 0.182. The molecule has 9 heteroatoms. The minimum Gasteiger partial charge on any atom is -0.310 e. The second kappa shape index (κ2) is 9.36. The van der Waals surface area contributed by atoms with Crippen LogP contribution in [-0.4, -0.2) is 36.2 Å². The zero-order valence-electron chi connectivity index (χ0n) is 17.1. The van der Waals surface area contributed by atoms with E-state index in [4.69, 9.17) is 11.6 Å². The number of aromatic nitrogens is 5. The van der Waals surface area contributed by atoms with Crippen LogP contribution in [0.1, 0.15) is 11.1 Å². The first-order valence-electron chi connectivity index (χ1n) is 9.65. The number of carbonyl (C=O) groups is 1. The Bertz CT molecular complexity index is 1200. The maximum Gasteiger partial charge on any atom is 0.235 e. The number of anilines is 1. The van der Waals surface area contributed by atoms with Crippen molar-refractivity contribution in [1.82, 2.24) is 24.5 Å². The smallest absolute Gasteiger partial charge is 0.235 e. The first kappa shape index (κ1) is 21.1. The summed E-state index contributed by atoms with van der Waals surface area (Å²) in [5, 5.41) is 17.0. The van der Waals surface area contributed by atoms with Crippen LogP contribution < -0.4 is 5.32 Å². The van der Waals surface area contributed by atoms with Crippen LogP contribution in [0.15, 0.2) is 66.0 Å². The number of carbonyl (C=O) groups excluding carboxylic acids is 1. The molecule has 7 nitrogen and oxygen atoms in total. The molecule has 1 N–H and O–H groups in total. The Morgan fingerprint density at radius 2 is 1.94 bits per heavy atom. The van der Waals surface area contributed by atoms with Gasteiger partial charge in [-0.1, -0.05) is 53.2 Å². The first-order valence-corrected chi connectivity index (χ1v) is 11.0. The summed E-state index contributed by atoms with van der Waals surface area (Å²) in [6, 6.07) is 17.4. The molecule has 0 aliphatic rings. The number of aryl methyl sites for hydroxylation is 1. The lowest BCUT2D eigenvalue weighted by molar-refractivity contribution is -0.113. The van der Waals surface area contributed by atoms with Crippen molar-refractivity contribution in [2.24, 2.45) is 7.05 Å². The van der Waals surface area contributed by atoms with E-state index in [2.05, 4.69) is 39.7 Å². The van der Waals surface area contributed by atoms with Crippen LogP contribution >= 0.6 is 23.4 Å². The van der Waals surface area contributed by atoms with E-state index in [9.17, 15) is 4.79 Å². The highest BCUT2D eigenvalue weighted by Gasteiger charge is 2.14. The van der Waals surface area contributed by atoms with Crippen molar-refractivity contribution < 1.29 is 4.79 Å². The topological polar surface area (TPSA) is 77.6 Å². The molecule has 31 heavy (non-hydrogen) atoms. The summed E-state index contributed by atoms with van der Waals surface area (Å²) in [5.74, 6) is 1.46. The summed E-state index contributed by atoms with van der Waals surface area (Å²) in [5.41, 5.74) is 3.23. The van der Waals surface area contributed by atoms with Crippen molar-refractivity contribution >= 4 is 35.1 Å². The molecule has 0 aliphatic carbocycles. The summed E-state index contributed by atoms with van der Waals surface area (Å²) in [7, 11) is 1.88. The molecule has 4 rings (SSSR count). The maximum atomic E-state index is 12.5. The van der Waals surface area contributed by atoms with Crippen LogP contribution in [0.3, 0.4) is 0 Å². The summed E-state index contributed by atoms with van der Waals surface area (Å²) in [6.07, 6.45) is 1.68. The van der Waals surface area contributed by atoms with Crippen molar-refractivity contribution in [3.8, 4) is 11.4 Å². The number of nitrogens with one attached hydrogen (secondary N) is 1. The molecule has 0 saturated carbocycles. The number of amides is 1. The van der Waals surface area contributed by atoms with E-state index in [0.717, 1.165) is 17.0 Å². The molecule has 0 saturated heterocycles. The first-order chi connectivity index (χ1) is 15.0. The van der Waals surface area contributed by atoms with E-state index in [-0.39, 0.29) is 11.7 Å². The molecule has 4 aromatic rings. The van der Waals surface area contributed by atoms with E-state index in [0.29, 0.717) is 22.5 Å². The zero-order chi connectivity index (χ0) is 21.8. The van der Waals surface area contributed by atoms with Gasteiger partial charge in [0, 0.05) is 23.7 Å². The Balaban J connectivity index is 1.37. The quantitative estimate of drug-likeness (QED) is 0.420. The third kappa shape index (κ3) is 5.15. The predicted octanol–water partition coefficient (Wildman–Crippen LogP) is 4.42. The van der Waals surface area contributed by atoms with Gasteiger partial charge in [0.25, 0.3) is 0 Å². The number of hydrogen-bond donors (Lipinski definition) is 1. The van der Waals surface area contributed by atoms with Gasteiger partial charge in [0.2, 0.25) is 5.91 Å². The summed E-state index contributed by atoms with van der Waals surface area (Å²) in [4.78, 5) is 12.5. The largest absolute Gasteiger partial charge is 0.310 e. The van der Waals surface area contributed by atoms with E-state index in [1.165, 1.54) is 17.3 Å². The van der Waals surface area contributed by atoms with Crippen LogP contribution in [0.2, 0.25) is 5.02 Å². The third-order valence-electron chi connectivity index (χ3n) is 4.67. The molecular weight excluding hydrogens is 432 g/mol. The predicted molar refractivity (Wildman–Crippen MR) is 123 cm³/mol. The number of nitrogens with zero attached hydrogens (tertiary/aromatic N) is 5. The molecule has 0 aliphatic heterocycles. The lowest BCUT2D eigenvalue weighted by Crippen LogP contribution is -2.18. The Kier molecular flexibility index (Phi) is 6.39. The molecule has 0 radical (unpaired) electrons. The van der Waals surface area contributed by atoms with E-state index >= 15 is 0 Å².